The summed E-state index contributed by atoms with van der Waals surface area (Å²) < 4.78 is 1.29. The fourth-order valence-corrected chi connectivity index (χ4v) is 1.17. The minimum Gasteiger partial charge on any atom is -0.0861 e. The molecule has 0 aromatic carbocycles. The van der Waals surface area contributed by atoms with Crippen LogP contribution >= 0.6 is 22.6 Å². The van der Waals surface area contributed by atoms with Crippen molar-refractivity contribution >= 4 is 22.6 Å². The first-order valence-electron chi connectivity index (χ1n) is 3.86. The lowest BCUT2D eigenvalue weighted by Crippen LogP contribution is -1.93. The molecule has 0 aliphatic carbocycles. The number of alkyl halides is 1. The summed E-state index contributed by atoms with van der Waals surface area (Å²) in [5, 5.41) is 0. The van der Waals surface area contributed by atoms with E-state index in [2.05, 4.69) is 49.4 Å². The molecule has 0 amide bonds. The standard InChI is InChI=1S/C9H17I/c1-8(2)5-4-6-9(3)7-10/h5,9H,4,6-7H2,1-3H3. The van der Waals surface area contributed by atoms with Crippen molar-refractivity contribution in [2.24, 2.45) is 5.92 Å². The zero-order chi connectivity index (χ0) is 7.98. The van der Waals surface area contributed by atoms with Crippen LogP contribution in [0.5, 0.6) is 0 Å². The Morgan fingerprint density at radius 3 is 2.50 bits per heavy atom. The maximum atomic E-state index is 2.45. The summed E-state index contributed by atoms with van der Waals surface area (Å²) in [7, 11) is 0. The second-order valence-corrected chi connectivity index (χ2v) is 4.00. The topological polar surface area (TPSA) is 0 Å². The van der Waals surface area contributed by atoms with Gasteiger partial charge >= 0.3 is 0 Å². The van der Waals surface area contributed by atoms with Gasteiger partial charge in [-0.3, -0.25) is 0 Å². The van der Waals surface area contributed by atoms with Gasteiger partial charge in [-0.2, -0.15) is 0 Å². The Morgan fingerprint density at radius 1 is 1.50 bits per heavy atom. The fraction of sp³-hybridized carbons (Fsp3) is 0.778. The van der Waals surface area contributed by atoms with Crippen LogP contribution in [0.1, 0.15) is 33.6 Å². The molecule has 0 rings (SSSR count). The highest BCUT2D eigenvalue weighted by Crippen LogP contribution is 2.09. The average Bonchev–Trinajstić information content (AvgIpc) is 1.87. The zero-order valence-electron chi connectivity index (χ0n) is 7.15. The molecule has 0 heterocycles. The lowest BCUT2D eigenvalue weighted by Gasteiger charge is -2.03. The minimum atomic E-state index is 0.885. The predicted octanol–water partition coefficient (Wildman–Crippen LogP) is 3.80. The molecule has 1 heteroatoms. The first-order chi connectivity index (χ1) is 4.66. The van der Waals surface area contributed by atoms with E-state index >= 15 is 0 Å². The number of allylic oxidation sites excluding steroid dienone is 2. The molecule has 0 saturated heterocycles. The number of hydrogen-bond donors (Lipinski definition) is 0. The van der Waals surface area contributed by atoms with Crippen molar-refractivity contribution in [3.8, 4) is 0 Å². The van der Waals surface area contributed by atoms with Crippen molar-refractivity contribution in [1.29, 1.82) is 0 Å². The van der Waals surface area contributed by atoms with E-state index < -0.39 is 0 Å². The van der Waals surface area contributed by atoms with Gasteiger partial charge in [0.15, 0.2) is 0 Å². The van der Waals surface area contributed by atoms with Crippen LogP contribution < -0.4 is 0 Å². The summed E-state index contributed by atoms with van der Waals surface area (Å²) in [5.74, 6) is 0.885. The van der Waals surface area contributed by atoms with Crippen LogP contribution in [0, 0.1) is 5.92 Å². The molecule has 10 heavy (non-hydrogen) atoms. The third kappa shape index (κ3) is 6.59. The predicted molar refractivity (Wildman–Crippen MR) is 56.7 cm³/mol. The molecule has 0 aromatic heterocycles. The first kappa shape index (κ1) is 10.5. The summed E-state index contributed by atoms with van der Waals surface area (Å²) in [6.45, 7) is 6.63. The van der Waals surface area contributed by atoms with Crippen LogP contribution in [0.25, 0.3) is 0 Å². The second kappa shape index (κ2) is 6.20. The van der Waals surface area contributed by atoms with E-state index in [1.54, 1.807) is 0 Å². The maximum Gasteiger partial charge on any atom is 0.00211 e. The number of hydrogen-bond acceptors (Lipinski definition) is 0. The lowest BCUT2D eigenvalue weighted by molar-refractivity contribution is 0.611. The molecule has 60 valence electrons. The smallest absolute Gasteiger partial charge is 0.00211 e. The van der Waals surface area contributed by atoms with Gasteiger partial charge in [0.2, 0.25) is 0 Å². The van der Waals surface area contributed by atoms with Crippen molar-refractivity contribution in [3.05, 3.63) is 11.6 Å². The third-order valence-electron chi connectivity index (χ3n) is 1.48. The van der Waals surface area contributed by atoms with E-state index in [9.17, 15) is 0 Å². The third-order valence-corrected chi connectivity index (χ3v) is 2.98. The molecule has 0 aromatic rings. The number of halogens is 1. The number of rotatable bonds is 4. The van der Waals surface area contributed by atoms with Gasteiger partial charge in [0.25, 0.3) is 0 Å². The SMILES string of the molecule is CC(C)=CCCC(C)CI. The highest BCUT2D eigenvalue weighted by molar-refractivity contribution is 14.1. The molecule has 0 saturated carbocycles. The summed E-state index contributed by atoms with van der Waals surface area (Å²) in [5.41, 5.74) is 1.45. The molecule has 0 fully saturated rings. The van der Waals surface area contributed by atoms with Gasteiger partial charge in [0.05, 0.1) is 0 Å². The van der Waals surface area contributed by atoms with Crippen LogP contribution in [0.15, 0.2) is 11.6 Å². The van der Waals surface area contributed by atoms with Gasteiger partial charge in [-0.1, -0.05) is 41.2 Å². The van der Waals surface area contributed by atoms with Gasteiger partial charge in [0, 0.05) is 4.43 Å². The first-order valence-corrected chi connectivity index (χ1v) is 5.38. The van der Waals surface area contributed by atoms with Gasteiger partial charge in [0.1, 0.15) is 0 Å². The minimum absolute atomic E-state index is 0.885. The van der Waals surface area contributed by atoms with E-state index in [0.717, 1.165) is 5.92 Å². The van der Waals surface area contributed by atoms with Crippen molar-refractivity contribution in [2.75, 3.05) is 4.43 Å². The largest absolute Gasteiger partial charge is 0.0861 e. The molecule has 0 radical (unpaired) electrons. The molecule has 0 nitrogen and oxygen atoms in total. The van der Waals surface area contributed by atoms with Crippen molar-refractivity contribution < 1.29 is 0 Å². The Labute approximate surface area is 78.2 Å². The normalized spacial score (nSPS) is 12.8. The van der Waals surface area contributed by atoms with Crippen LogP contribution in [0.2, 0.25) is 0 Å². The quantitative estimate of drug-likeness (QED) is 0.405. The Kier molecular flexibility index (Phi) is 6.49. The molecule has 0 aliphatic heterocycles. The molecule has 0 aliphatic rings. The Bertz CT molecular complexity index is 101. The second-order valence-electron chi connectivity index (χ2n) is 3.12. The molecule has 0 bridgehead atoms. The van der Waals surface area contributed by atoms with Crippen molar-refractivity contribution in [1.82, 2.24) is 0 Å². The lowest BCUT2D eigenvalue weighted by atomic mass is 10.1. The van der Waals surface area contributed by atoms with E-state index in [0.29, 0.717) is 0 Å². The van der Waals surface area contributed by atoms with Gasteiger partial charge < -0.3 is 0 Å². The molecule has 1 atom stereocenters. The fourth-order valence-electron chi connectivity index (χ4n) is 0.734. The van der Waals surface area contributed by atoms with Crippen LogP contribution in [-0.2, 0) is 0 Å². The van der Waals surface area contributed by atoms with Crippen molar-refractivity contribution in [3.63, 3.8) is 0 Å². The van der Waals surface area contributed by atoms with Crippen LogP contribution in [0.3, 0.4) is 0 Å². The maximum absolute atomic E-state index is 2.45. The van der Waals surface area contributed by atoms with Crippen LogP contribution in [0.4, 0.5) is 0 Å². The Morgan fingerprint density at radius 2 is 2.10 bits per heavy atom. The van der Waals surface area contributed by atoms with E-state index in [-0.39, 0.29) is 0 Å². The molecular weight excluding hydrogens is 235 g/mol. The van der Waals surface area contributed by atoms with Gasteiger partial charge in [-0.25, -0.2) is 0 Å². The summed E-state index contributed by atoms with van der Waals surface area (Å²) in [4.78, 5) is 0. The molecular formula is C9H17I. The van der Waals surface area contributed by atoms with Gasteiger partial charge in [-0.05, 0) is 32.6 Å². The summed E-state index contributed by atoms with van der Waals surface area (Å²) in [6, 6.07) is 0. The summed E-state index contributed by atoms with van der Waals surface area (Å²) in [6.07, 6.45) is 4.92. The highest BCUT2D eigenvalue weighted by Gasteiger charge is 1.95. The monoisotopic (exact) mass is 252 g/mol. The molecule has 1 unspecified atom stereocenters. The zero-order valence-corrected chi connectivity index (χ0v) is 9.31. The highest BCUT2D eigenvalue weighted by atomic mass is 127. The van der Waals surface area contributed by atoms with E-state index in [1.165, 1.54) is 22.8 Å². The molecule has 0 spiro atoms. The van der Waals surface area contributed by atoms with Crippen LogP contribution in [-0.4, -0.2) is 4.43 Å². The average molecular weight is 252 g/mol. The van der Waals surface area contributed by atoms with Gasteiger partial charge in [-0.15, -0.1) is 0 Å². The Balaban J connectivity index is 3.28. The van der Waals surface area contributed by atoms with Crippen molar-refractivity contribution in [2.45, 2.75) is 33.6 Å². The summed E-state index contributed by atoms with van der Waals surface area (Å²) >= 11 is 2.45. The Hall–Kier alpha value is 0.470. The van der Waals surface area contributed by atoms with E-state index in [4.69, 9.17) is 0 Å². The van der Waals surface area contributed by atoms with E-state index in [1.807, 2.05) is 0 Å². The molecule has 0 N–H and O–H groups in total.